The predicted molar refractivity (Wildman–Crippen MR) is 315 cm³/mol. The van der Waals surface area contributed by atoms with Gasteiger partial charge in [-0.25, -0.2) is 19.2 Å². The lowest BCUT2D eigenvalue weighted by atomic mass is 9.85. The Morgan fingerprint density at radius 1 is 0.460 bits per heavy atom. The number of hydrogen-bond acceptors (Lipinski definition) is 22. The molecule has 0 aromatic heterocycles. The molecule has 4 saturated carbocycles. The number of hydrogen-bond donors (Lipinski definition) is 0. The minimum absolute atomic E-state index is 0.0197. The fraction of sp³-hybridized carbons (Fsp3) is 0.818. The molecule has 568 valence electrons. The number of esters is 8. The van der Waals surface area contributed by atoms with Crippen molar-refractivity contribution in [3.05, 3.63) is 24.3 Å². The molecule has 10 atom stereocenters. The Balaban J connectivity index is 0.000000205. The average Bonchev–Trinajstić information content (AvgIpc) is 1.58. The highest BCUT2D eigenvalue weighted by Crippen LogP contribution is 2.52. The van der Waals surface area contributed by atoms with Crippen molar-refractivity contribution in [2.45, 2.75) is 319 Å². The maximum atomic E-state index is 12.7. The summed E-state index contributed by atoms with van der Waals surface area (Å²) in [6, 6.07) is 0. The van der Waals surface area contributed by atoms with Crippen LogP contribution in [0.4, 0.5) is 52.7 Å². The standard InChI is InChI=1S/C22H26F6O9.C20H20F6O9.C13H24O2.C11H18O2/c1-4-19(2,3)18(31)34-12-10-11(32-15(12)30)13-16(33-10)37-20(36-13)7-5-9(6-8-20)14(29)35-17(21(23,24)25)22(26,27)28;1-7(2)13(27)31-11-9-10(30-15(11)29)12-16(32-9)35-18(34-12)5-3-8(4-6-18)14(28)33-17(19(21,22)23)20(24,25)26;1-5-12(3,4)11(14)15-13(6-2)9-7-8-10-13;1-4-11(7-5-6-8-11)13-10(12)9(2)3/h9-13,16-17H,4-8H2,1-3H3;8-12,16-17H,1,3-6H2,2H3;5-10H2,1-4H3;2,4-8H2,1,3H3/t9?,10-,11-,12-,13+,16+,20?;8?,9-,10-,11-,12+,16+,18?;;/m00../s1. The second-order valence-electron chi connectivity index (χ2n) is 28.3. The van der Waals surface area contributed by atoms with Crippen molar-refractivity contribution in [1.29, 1.82) is 0 Å². The summed E-state index contributed by atoms with van der Waals surface area (Å²) in [4.78, 5) is 96.1. The normalized spacial score (nSPS) is 31.7. The van der Waals surface area contributed by atoms with Crippen LogP contribution in [0.1, 0.15) is 198 Å². The number of ether oxygens (including phenoxy) is 14. The van der Waals surface area contributed by atoms with Gasteiger partial charge in [-0.15, -0.1) is 0 Å². The predicted octanol–water partition coefficient (Wildman–Crippen LogP) is 12.3. The van der Waals surface area contributed by atoms with E-state index in [9.17, 15) is 91.0 Å². The average molecular weight is 1460 g/mol. The van der Waals surface area contributed by atoms with Crippen LogP contribution in [0, 0.1) is 22.7 Å². The minimum Gasteiger partial charge on any atom is -0.459 e. The molecule has 0 bridgehead atoms. The highest BCUT2D eigenvalue weighted by Gasteiger charge is 2.69. The van der Waals surface area contributed by atoms with Gasteiger partial charge < -0.3 is 66.3 Å². The fourth-order valence-corrected chi connectivity index (χ4v) is 13.0. The summed E-state index contributed by atoms with van der Waals surface area (Å²) >= 11 is 0. The quantitative estimate of drug-likeness (QED) is 0.0601. The Morgan fingerprint density at radius 3 is 1.11 bits per heavy atom. The van der Waals surface area contributed by atoms with Gasteiger partial charge in [-0.2, -0.15) is 52.7 Å². The molecule has 0 amide bonds. The van der Waals surface area contributed by atoms with Crippen molar-refractivity contribution < 1.29 is 157 Å². The first kappa shape index (κ1) is 81.5. The Bertz CT molecular complexity index is 2960. The first-order valence-electron chi connectivity index (χ1n) is 33.4. The molecule has 10 fully saturated rings. The molecule has 0 radical (unpaired) electrons. The number of fused-ring (bicyclic) bond motifs is 6. The van der Waals surface area contributed by atoms with Crippen LogP contribution in [0.5, 0.6) is 0 Å². The van der Waals surface area contributed by atoms with Gasteiger partial charge in [0, 0.05) is 36.8 Å². The van der Waals surface area contributed by atoms with E-state index in [1.165, 1.54) is 32.6 Å². The summed E-state index contributed by atoms with van der Waals surface area (Å²) < 4.78 is 227. The highest BCUT2D eigenvalue weighted by atomic mass is 19.4. The van der Waals surface area contributed by atoms with E-state index in [1.807, 2.05) is 20.8 Å². The molecule has 10 rings (SSSR count). The summed E-state index contributed by atoms with van der Waals surface area (Å²) in [7, 11) is 0. The van der Waals surface area contributed by atoms with E-state index in [1.54, 1.807) is 27.7 Å². The molecule has 22 nitrogen and oxygen atoms in total. The molecule has 0 aromatic rings. The Labute approximate surface area is 569 Å². The second kappa shape index (κ2) is 30.8. The lowest BCUT2D eigenvalue weighted by Crippen LogP contribution is -2.47. The third-order valence-electron chi connectivity index (χ3n) is 20.1. The Kier molecular flexibility index (Phi) is 25.1. The van der Waals surface area contributed by atoms with E-state index in [0.717, 1.165) is 44.9 Å². The van der Waals surface area contributed by atoms with E-state index in [0.29, 0.717) is 12.0 Å². The van der Waals surface area contributed by atoms with E-state index in [4.69, 9.17) is 56.8 Å². The zero-order chi connectivity index (χ0) is 74.9. The van der Waals surface area contributed by atoms with Crippen LogP contribution >= 0.6 is 0 Å². The molecule has 6 heterocycles. The number of carbonyl (C=O) groups is 8. The summed E-state index contributed by atoms with van der Waals surface area (Å²) in [5, 5.41) is 0. The van der Waals surface area contributed by atoms with E-state index in [-0.39, 0.29) is 85.5 Å². The topological polar surface area (TPSA) is 266 Å². The van der Waals surface area contributed by atoms with E-state index < -0.39 is 163 Å². The van der Waals surface area contributed by atoms with Gasteiger partial charge in [-0.3, -0.25) is 19.2 Å². The van der Waals surface area contributed by atoms with Gasteiger partial charge >= 0.3 is 72.5 Å². The zero-order valence-corrected chi connectivity index (χ0v) is 57.2. The zero-order valence-electron chi connectivity index (χ0n) is 57.2. The van der Waals surface area contributed by atoms with Gasteiger partial charge in [0.25, 0.3) is 12.2 Å². The van der Waals surface area contributed by atoms with Crippen molar-refractivity contribution in [3.8, 4) is 0 Å². The summed E-state index contributed by atoms with van der Waals surface area (Å²) in [5.41, 5.74) is -0.925. The van der Waals surface area contributed by atoms with E-state index in [2.05, 4.69) is 36.5 Å². The minimum atomic E-state index is -5.80. The van der Waals surface area contributed by atoms with Crippen LogP contribution in [-0.2, 0) is 105 Å². The van der Waals surface area contributed by atoms with E-state index >= 15 is 0 Å². The monoisotopic (exact) mass is 1460 g/mol. The van der Waals surface area contributed by atoms with Crippen molar-refractivity contribution in [1.82, 2.24) is 0 Å². The maximum absolute atomic E-state index is 12.7. The van der Waals surface area contributed by atoms with Crippen LogP contribution in [0.25, 0.3) is 0 Å². The van der Waals surface area contributed by atoms with Crippen molar-refractivity contribution in [2.75, 3.05) is 0 Å². The molecule has 2 spiro atoms. The lowest BCUT2D eigenvalue weighted by Gasteiger charge is -2.36. The summed E-state index contributed by atoms with van der Waals surface area (Å²) in [6.45, 7) is 25.4. The molecule has 0 aromatic carbocycles. The lowest BCUT2D eigenvalue weighted by molar-refractivity contribution is -0.315. The highest BCUT2D eigenvalue weighted by molar-refractivity contribution is 5.90. The van der Waals surface area contributed by atoms with Gasteiger partial charge in [0.05, 0.1) is 22.7 Å². The summed E-state index contributed by atoms with van der Waals surface area (Å²) in [5.74, 6) is -11.7. The van der Waals surface area contributed by atoms with Crippen LogP contribution in [0.2, 0.25) is 0 Å². The molecule has 34 heteroatoms. The van der Waals surface area contributed by atoms with Crippen LogP contribution in [-0.4, -0.2) is 169 Å². The molecule has 4 aliphatic carbocycles. The van der Waals surface area contributed by atoms with Gasteiger partial charge in [-0.1, -0.05) is 40.9 Å². The number of halogens is 12. The fourth-order valence-electron chi connectivity index (χ4n) is 13.0. The Morgan fingerprint density at radius 2 is 0.790 bits per heavy atom. The van der Waals surface area contributed by atoms with Gasteiger partial charge in [-0.05, 0) is 144 Å². The first-order chi connectivity index (χ1) is 46.1. The smallest absolute Gasteiger partial charge is 0.434 e. The van der Waals surface area contributed by atoms with Gasteiger partial charge in [0.1, 0.15) is 23.4 Å². The van der Waals surface area contributed by atoms with Crippen molar-refractivity contribution in [3.63, 3.8) is 0 Å². The maximum Gasteiger partial charge on any atom is 0.434 e. The van der Waals surface area contributed by atoms with Gasteiger partial charge in [0.2, 0.25) is 12.2 Å². The van der Waals surface area contributed by atoms with Crippen LogP contribution in [0.3, 0.4) is 0 Å². The van der Waals surface area contributed by atoms with Crippen LogP contribution in [0.15, 0.2) is 24.3 Å². The molecular weight excluding hydrogens is 1370 g/mol. The molecule has 6 saturated heterocycles. The number of carbonyl (C=O) groups excluding carboxylic acids is 8. The van der Waals surface area contributed by atoms with Crippen molar-refractivity contribution >= 4 is 47.8 Å². The molecule has 6 aliphatic heterocycles. The van der Waals surface area contributed by atoms with Gasteiger partial charge in [0.15, 0.2) is 48.6 Å². The molecular formula is C66H88F12O22. The number of alkyl halides is 12. The number of rotatable bonds is 16. The summed E-state index contributed by atoms with van der Waals surface area (Å²) in [6.07, 6.45) is -31.0. The van der Waals surface area contributed by atoms with Crippen molar-refractivity contribution in [2.24, 2.45) is 22.7 Å². The SMILES string of the molecule is C=C(C)C(=O)OC1(CC)CCCC1.C=C(C)C(=O)O[C@@H]1C(=O)O[C@@H]2[C@H]3OC4(CCC(C(=O)OC(C(F)(F)F)C(F)(F)F)CC4)O[C@H]3O[C@@H]21.CCC(C)(C)C(=O)O[C@@H]1C(=O)O[C@@H]2[C@H]3OC4(CCC(C(=O)OC(C(F)(F)F)C(F)(F)F)CC4)O[C@H]3O[C@@H]21.CCC1(OC(=O)C(C)(C)CC)CCCC1. The second-order valence-corrected chi connectivity index (χ2v) is 28.3. The molecule has 0 N–H and O–H groups in total. The van der Waals surface area contributed by atoms with Crippen LogP contribution < -0.4 is 0 Å². The molecule has 0 unspecified atom stereocenters. The Hall–Kier alpha value is -5.84. The molecule has 10 aliphatic rings. The first-order valence-corrected chi connectivity index (χ1v) is 33.4. The largest absolute Gasteiger partial charge is 0.459 e. The third kappa shape index (κ3) is 18.7. The third-order valence-corrected chi connectivity index (χ3v) is 20.1. The molecule has 100 heavy (non-hydrogen) atoms.